The second kappa shape index (κ2) is 28.8. The number of nitrogens with zero attached hydrogens (tertiary/aromatic N) is 2. The van der Waals surface area contributed by atoms with Crippen LogP contribution in [-0.2, 0) is 57.3 Å². The smallest absolute Gasteiger partial charge is 0.408 e. The number of fused-ring (bicyclic) bond motifs is 6. The lowest BCUT2D eigenvalue weighted by Crippen LogP contribution is -2.59. The summed E-state index contributed by atoms with van der Waals surface area (Å²) < 4.78 is 20.9. The molecule has 2 aliphatic carbocycles. The Labute approximate surface area is 479 Å². The summed E-state index contributed by atoms with van der Waals surface area (Å²) >= 11 is 0. The summed E-state index contributed by atoms with van der Waals surface area (Å²) in [5.74, 6) is -3.28. The SMILES string of the molecule is CC(C)(C)OC(=O)N[C@H]1CCCCC=CCCCC[C@@H](C=O)NC(=O)[C@@H]2[C@@H]3[C@H](CN2C1=O)C3(C)C.COC(=O)CNC(=O)C(OC(C)=O)[C@@H]1CCCCC=CCCCC[C@H](NC(=O)OC(C)(C)C)C(=O)N2C[C@H]3[C@@H]([C@H]2C(=O)N1)C3(C)C. The molecule has 0 aromatic rings. The van der Waals surface area contributed by atoms with Gasteiger partial charge in [0.2, 0.25) is 23.6 Å². The van der Waals surface area contributed by atoms with Gasteiger partial charge in [-0.3, -0.25) is 33.6 Å². The monoisotopic (exact) mass is 1140 g/mol. The second-order valence-corrected chi connectivity index (χ2v) is 25.9. The van der Waals surface area contributed by atoms with Gasteiger partial charge in [0, 0.05) is 20.0 Å². The van der Waals surface area contributed by atoms with Crippen molar-refractivity contribution >= 4 is 59.9 Å². The number of hydrogen-bond donors (Lipinski definition) is 5. The Morgan fingerprint density at radius 1 is 0.642 bits per heavy atom. The van der Waals surface area contributed by atoms with Gasteiger partial charge in [-0.05, 0) is 153 Å². The first-order chi connectivity index (χ1) is 38.0. The molecule has 1 unspecified atom stereocenters. The van der Waals surface area contributed by atoms with Crippen molar-refractivity contribution in [2.75, 3.05) is 26.7 Å². The molecule has 6 aliphatic rings. The van der Waals surface area contributed by atoms with E-state index in [-0.39, 0.29) is 52.2 Å². The molecule has 21 nitrogen and oxygen atoms in total. The number of methoxy groups -OCH3 is 1. The van der Waals surface area contributed by atoms with E-state index >= 15 is 0 Å². The van der Waals surface area contributed by atoms with Crippen LogP contribution in [0, 0.1) is 34.5 Å². The number of rotatable bonds is 8. The van der Waals surface area contributed by atoms with Crippen LogP contribution >= 0.6 is 0 Å². The zero-order valence-electron chi connectivity index (χ0n) is 50.3. The number of esters is 2. The number of alkyl carbamates (subject to hydrolysis) is 2. The Kier molecular flexibility index (Phi) is 23.4. The Bertz CT molecular complexity index is 2320. The number of amides is 7. The number of carbonyl (C=O) groups excluding carboxylic acids is 10. The highest BCUT2D eigenvalue weighted by Crippen LogP contribution is 2.66. The van der Waals surface area contributed by atoms with Gasteiger partial charge in [-0.15, -0.1) is 0 Å². The molecule has 0 aromatic heterocycles. The fourth-order valence-electron chi connectivity index (χ4n) is 12.2. The topological polar surface area (TPSA) is 274 Å². The average Bonchev–Trinajstić information content (AvgIpc) is 2.32. The summed E-state index contributed by atoms with van der Waals surface area (Å²) in [7, 11) is 1.19. The molecule has 0 radical (unpaired) electrons. The number of carbonyl (C=O) groups is 10. The van der Waals surface area contributed by atoms with Crippen LogP contribution in [0.25, 0.3) is 0 Å². The Morgan fingerprint density at radius 2 is 1.05 bits per heavy atom. The van der Waals surface area contributed by atoms with Gasteiger partial charge >= 0.3 is 24.1 Å². The molecule has 21 heteroatoms. The molecule has 4 heterocycles. The van der Waals surface area contributed by atoms with Crippen LogP contribution < -0.4 is 26.6 Å². The Hall–Kier alpha value is -6.02. The number of allylic oxidation sites excluding steroid dienone is 4. The van der Waals surface area contributed by atoms with E-state index in [2.05, 4.69) is 83.3 Å². The lowest BCUT2D eigenvalue weighted by molar-refractivity contribution is -0.157. The fourth-order valence-corrected chi connectivity index (χ4v) is 12.2. The second-order valence-electron chi connectivity index (χ2n) is 25.9. The molecule has 81 heavy (non-hydrogen) atoms. The first-order valence-electron chi connectivity index (χ1n) is 29.5. The van der Waals surface area contributed by atoms with Crippen LogP contribution in [0.2, 0.25) is 0 Å². The maximum Gasteiger partial charge on any atom is 0.408 e. The standard InChI is InChI=1S/C33H52N4O9.C27H43N3O5/c1-20(38)45-27(29(41)34-18-24(39)44-7)22-16-14-12-10-8-9-11-13-15-17-23(36-31(43)46-32(2,3)4)30(42)37-19-21-25(33(21,5)6)26(37)28(40)35-22;1-26(2,3)35-25(34)29-20-15-13-11-9-7-6-8-10-12-14-18(17-31)28-23(32)22-21-19(27(21,4)5)16-30(22)24(20)33/h8-9,21-23,25-27H,10-19H2,1-7H3,(H,34,41)(H,35,40)(H,36,43);6-7,17-22H,8-16H2,1-5H3,(H,28,32)(H,29,34)/t21-,22-,23-,25-,26-,27?;18-,19-,20-,21-,22-/m00/s1. The quantitative estimate of drug-likeness (QED) is 0.0752. The van der Waals surface area contributed by atoms with Gasteiger partial charge in [0.15, 0.2) is 6.10 Å². The van der Waals surface area contributed by atoms with Crippen LogP contribution in [0.3, 0.4) is 0 Å². The molecule has 0 aromatic carbocycles. The van der Waals surface area contributed by atoms with Crippen LogP contribution in [0.15, 0.2) is 24.3 Å². The maximum atomic E-state index is 14.2. The van der Waals surface area contributed by atoms with Crippen molar-refractivity contribution in [1.82, 2.24) is 36.4 Å². The van der Waals surface area contributed by atoms with Crippen molar-refractivity contribution < 1.29 is 66.9 Å². The number of piperidine rings is 2. The molecule has 2 saturated heterocycles. The predicted molar refractivity (Wildman–Crippen MR) is 301 cm³/mol. The van der Waals surface area contributed by atoms with E-state index in [0.29, 0.717) is 51.6 Å². The highest BCUT2D eigenvalue weighted by Gasteiger charge is 2.71. The van der Waals surface area contributed by atoms with E-state index in [1.54, 1.807) is 51.3 Å². The minimum absolute atomic E-state index is 0.0338. The summed E-state index contributed by atoms with van der Waals surface area (Å²) in [6, 6.07) is -4.63. The molecule has 2 saturated carbocycles. The molecule has 7 amide bonds. The summed E-state index contributed by atoms with van der Waals surface area (Å²) in [6.07, 6.45) is 18.1. The number of hydrogen-bond acceptors (Lipinski definition) is 14. The van der Waals surface area contributed by atoms with Crippen molar-refractivity contribution in [3.63, 3.8) is 0 Å². The highest BCUT2D eigenvalue weighted by molar-refractivity contribution is 5.95. The van der Waals surface area contributed by atoms with Crippen molar-refractivity contribution in [3.8, 4) is 0 Å². The van der Waals surface area contributed by atoms with Gasteiger partial charge in [0.05, 0.1) is 19.2 Å². The van der Waals surface area contributed by atoms with Crippen molar-refractivity contribution in [2.24, 2.45) is 34.5 Å². The van der Waals surface area contributed by atoms with Crippen molar-refractivity contribution in [2.45, 2.75) is 232 Å². The Balaban J connectivity index is 0.000000308. The van der Waals surface area contributed by atoms with Crippen LogP contribution in [-0.4, -0.2) is 150 Å². The minimum Gasteiger partial charge on any atom is -0.468 e. The molecule has 0 spiro atoms. The Morgan fingerprint density at radius 3 is 1.44 bits per heavy atom. The largest absolute Gasteiger partial charge is 0.468 e. The molecular weight excluding hydrogens is 1040 g/mol. The highest BCUT2D eigenvalue weighted by atomic mass is 16.6. The van der Waals surface area contributed by atoms with Gasteiger partial charge in [-0.1, -0.05) is 77.7 Å². The van der Waals surface area contributed by atoms with Gasteiger partial charge in [0.1, 0.15) is 48.2 Å². The lowest BCUT2D eigenvalue weighted by Gasteiger charge is -2.35. The van der Waals surface area contributed by atoms with Gasteiger partial charge in [0.25, 0.3) is 5.91 Å². The van der Waals surface area contributed by atoms with Crippen LogP contribution in [0.5, 0.6) is 0 Å². The predicted octanol–water partition coefficient (Wildman–Crippen LogP) is 6.50. The summed E-state index contributed by atoms with van der Waals surface area (Å²) in [4.78, 5) is 133. The zero-order chi connectivity index (χ0) is 60.0. The first kappa shape index (κ1) is 65.8. The molecule has 6 rings (SSSR count). The maximum absolute atomic E-state index is 14.2. The molecule has 11 atom stereocenters. The fraction of sp³-hybridized carbons (Fsp3) is 0.767. The zero-order valence-corrected chi connectivity index (χ0v) is 50.3. The number of aldehydes is 1. The van der Waals surface area contributed by atoms with E-state index in [4.69, 9.17) is 14.2 Å². The number of ether oxygens (including phenoxy) is 4. The third-order valence-electron chi connectivity index (χ3n) is 16.7. The molecule has 4 fully saturated rings. The van der Waals surface area contributed by atoms with Gasteiger partial charge in [-0.25, -0.2) is 9.59 Å². The van der Waals surface area contributed by atoms with E-state index < -0.39 is 96.0 Å². The minimum atomic E-state index is -1.42. The molecule has 5 N–H and O–H groups in total. The third kappa shape index (κ3) is 18.7. The van der Waals surface area contributed by atoms with E-state index in [1.807, 2.05) is 0 Å². The molecular formula is C60H95N7O14. The summed E-state index contributed by atoms with van der Waals surface area (Å²) in [5.41, 5.74) is -1.67. The number of nitrogens with one attached hydrogen (secondary N) is 5. The normalized spacial score (nSPS) is 29.5. The van der Waals surface area contributed by atoms with Crippen LogP contribution in [0.4, 0.5) is 9.59 Å². The van der Waals surface area contributed by atoms with Crippen molar-refractivity contribution in [3.05, 3.63) is 24.3 Å². The van der Waals surface area contributed by atoms with E-state index in [9.17, 15) is 47.9 Å². The molecule has 4 aliphatic heterocycles. The first-order valence-corrected chi connectivity index (χ1v) is 29.5. The van der Waals surface area contributed by atoms with E-state index in [0.717, 1.165) is 77.4 Å². The molecule has 0 bridgehead atoms. The van der Waals surface area contributed by atoms with E-state index in [1.165, 1.54) is 7.11 Å². The van der Waals surface area contributed by atoms with Crippen molar-refractivity contribution in [1.29, 1.82) is 0 Å². The van der Waals surface area contributed by atoms with Gasteiger partial charge in [-0.2, -0.15) is 0 Å². The average molecular weight is 1140 g/mol. The third-order valence-corrected chi connectivity index (χ3v) is 16.7. The summed E-state index contributed by atoms with van der Waals surface area (Å²) in [6.45, 7) is 20.5. The van der Waals surface area contributed by atoms with Gasteiger partial charge < -0.3 is 60.1 Å². The van der Waals surface area contributed by atoms with Crippen LogP contribution in [0.1, 0.15) is 179 Å². The summed E-state index contributed by atoms with van der Waals surface area (Å²) in [5, 5.41) is 13.8. The molecule has 454 valence electrons. The lowest BCUT2D eigenvalue weighted by atomic mass is 9.97.